The van der Waals surface area contributed by atoms with Crippen LogP contribution in [0.1, 0.15) is 44.1 Å². The first-order chi connectivity index (χ1) is 18.6. The number of carbonyl (C=O) groups excluding carboxylic acids is 1. The summed E-state index contributed by atoms with van der Waals surface area (Å²) in [6.07, 6.45) is 1.81. The summed E-state index contributed by atoms with van der Waals surface area (Å²) in [4.78, 5) is 16.1. The van der Waals surface area contributed by atoms with E-state index >= 15 is 0 Å². The zero-order chi connectivity index (χ0) is 27.8. The molecule has 3 aromatic carbocycles. The van der Waals surface area contributed by atoms with Crippen molar-refractivity contribution in [3.8, 4) is 17.0 Å². The molecule has 0 bridgehead atoms. The maximum Gasteiger partial charge on any atom is 0.240 e. The monoisotopic (exact) mass is 549 g/mol. The summed E-state index contributed by atoms with van der Waals surface area (Å²) in [5.74, 6) is -0.257. The number of hydrogen-bond acceptors (Lipinski definition) is 4. The molecular formula is C30H32FN3O4S. The Labute approximate surface area is 227 Å². The second-order valence-corrected chi connectivity index (χ2v) is 12.0. The van der Waals surface area contributed by atoms with Gasteiger partial charge in [-0.2, -0.15) is 0 Å². The average Bonchev–Trinajstić information content (AvgIpc) is 3.37. The zero-order valence-corrected chi connectivity index (χ0v) is 22.7. The van der Waals surface area contributed by atoms with Gasteiger partial charge in [-0.25, -0.2) is 17.5 Å². The maximum atomic E-state index is 13.4. The number of rotatable bonds is 8. The Hall–Kier alpha value is -3.69. The Kier molecular flexibility index (Phi) is 7.22. The highest BCUT2D eigenvalue weighted by atomic mass is 32.2. The Morgan fingerprint density at radius 2 is 1.77 bits per heavy atom. The summed E-state index contributed by atoms with van der Waals surface area (Å²) in [7, 11) is -2.20. The van der Waals surface area contributed by atoms with Crippen LogP contribution in [0, 0.1) is 11.2 Å². The molecule has 0 saturated heterocycles. The van der Waals surface area contributed by atoms with E-state index in [1.165, 1.54) is 12.1 Å². The van der Waals surface area contributed by atoms with Gasteiger partial charge in [-0.15, -0.1) is 0 Å². The molecule has 9 heteroatoms. The van der Waals surface area contributed by atoms with Gasteiger partial charge in [-0.3, -0.25) is 4.79 Å². The molecule has 204 valence electrons. The van der Waals surface area contributed by atoms with Crippen LogP contribution < -0.4 is 15.2 Å². The number of fused-ring (bicyclic) bond motifs is 1. The van der Waals surface area contributed by atoms with E-state index in [9.17, 15) is 17.6 Å². The third-order valence-corrected chi connectivity index (χ3v) is 9.71. The fourth-order valence-corrected chi connectivity index (χ4v) is 7.12. The summed E-state index contributed by atoms with van der Waals surface area (Å²) >= 11 is 0. The molecule has 0 spiro atoms. The van der Waals surface area contributed by atoms with Crippen molar-refractivity contribution in [3.63, 3.8) is 0 Å². The fourth-order valence-electron chi connectivity index (χ4n) is 5.79. The van der Waals surface area contributed by atoms with Crippen LogP contribution in [0.3, 0.4) is 0 Å². The molecule has 4 N–H and O–H groups in total. The van der Waals surface area contributed by atoms with E-state index in [0.717, 1.165) is 28.0 Å². The number of amides is 1. The van der Waals surface area contributed by atoms with E-state index in [1.54, 1.807) is 37.4 Å². The Balaban J connectivity index is 1.32. The van der Waals surface area contributed by atoms with Gasteiger partial charge in [0.25, 0.3) is 0 Å². The molecule has 1 atom stereocenters. The number of nitrogens with one attached hydrogen (secondary N) is 2. The van der Waals surface area contributed by atoms with Crippen molar-refractivity contribution in [1.29, 1.82) is 0 Å². The number of ether oxygens (including phenoxy) is 1. The third kappa shape index (κ3) is 5.16. The number of halogens is 1. The van der Waals surface area contributed by atoms with E-state index in [4.69, 9.17) is 10.5 Å². The summed E-state index contributed by atoms with van der Waals surface area (Å²) in [6, 6.07) is 20.4. The van der Waals surface area contributed by atoms with Crippen molar-refractivity contribution >= 4 is 26.8 Å². The van der Waals surface area contributed by atoms with Gasteiger partial charge < -0.3 is 15.5 Å². The molecule has 1 aromatic heterocycles. The predicted molar refractivity (Wildman–Crippen MR) is 149 cm³/mol. The lowest BCUT2D eigenvalue weighted by molar-refractivity contribution is -0.131. The normalized spacial score (nSPS) is 20.5. The molecule has 1 saturated carbocycles. The largest absolute Gasteiger partial charge is 0.496 e. The van der Waals surface area contributed by atoms with Gasteiger partial charge in [-0.05, 0) is 79.6 Å². The van der Waals surface area contributed by atoms with Crippen LogP contribution in [0.15, 0.2) is 77.7 Å². The van der Waals surface area contributed by atoms with Gasteiger partial charge >= 0.3 is 0 Å². The van der Waals surface area contributed by atoms with Gasteiger partial charge in [-0.1, -0.05) is 37.3 Å². The third-order valence-electron chi connectivity index (χ3n) is 8.19. The minimum Gasteiger partial charge on any atom is -0.496 e. The number of benzene rings is 3. The molecule has 4 aromatic rings. The summed E-state index contributed by atoms with van der Waals surface area (Å²) < 4.78 is 48.4. The van der Waals surface area contributed by atoms with Crippen molar-refractivity contribution < 1.29 is 22.3 Å². The Morgan fingerprint density at radius 1 is 1.08 bits per heavy atom. The summed E-state index contributed by atoms with van der Waals surface area (Å²) in [6.45, 7) is 1.92. The van der Waals surface area contributed by atoms with Crippen LogP contribution in [0.2, 0.25) is 0 Å². The molecule has 39 heavy (non-hydrogen) atoms. The standard InChI is InChI=1S/C30H32FN3O4S/c1-19(20-7-10-22(31)11-8-20)30(29(32)35)15-13-23(14-16-30)34-39(36,37)24-12-9-21-17-27(33-26(21)18-24)25-5-3-4-6-28(25)38-2/h3-12,17-19,23,33-34H,13-16H2,1-2H3,(H2,32,35)/t19-,23?,30?/m1/s1. The first kappa shape index (κ1) is 26.9. The molecule has 1 aliphatic carbocycles. The number of hydrogen-bond donors (Lipinski definition) is 3. The van der Waals surface area contributed by atoms with E-state index in [0.29, 0.717) is 31.2 Å². The van der Waals surface area contributed by atoms with Gasteiger partial charge in [0, 0.05) is 22.5 Å². The molecular weight excluding hydrogens is 517 g/mol. The number of aromatic amines is 1. The van der Waals surface area contributed by atoms with Gasteiger partial charge in [0.15, 0.2) is 0 Å². The smallest absolute Gasteiger partial charge is 0.240 e. The molecule has 1 aliphatic rings. The van der Waals surface area contributed by atoms with Crippen LogP contribution in [-0.4, -0.2) is 32.5 Å². The number of primary amides is 1. The Bertz CT molecular complexity index is 1610. The van der Waals surface area contributed by atoms with Gasteiger partial charge in [0.05, 0.1) is 23.1 Å². The number of para-hydroxylation sites is 1. The molecule has 0 unspecified atom stereocenters. The number of sulfonamides is 1. The highest BCUT2D eigenvalue weighted by molar-refractivity contribution is 7.89. The van der Waals surface area contributed by atoms with Gasteiger partial charge in [0.2, 0.25) is 15.9 Å². The van der Waals surface area contributed by atoms with Crippen LogP contribution in [0.5, 0.6) is 5.75 Å². The van der Waals surface area contributed by atoms with Crippen LogP contribution in [0.4, 0.5) is 4.39 Å². The molecule has 0 aliphatic heterocycles. The van der Waals surface area contributed by atoms with Crippen LogP contribution in [0.25, 0.3) is 22.2 Å². The topological polar surface area (TPSA) is 114 Å². The van der Waals surface area contributed by atoms with E-state index in [-0.39, 0.29) is 22.7 Å². The van der Waals surface area contributed by atoms with Crippen molar-refractivity contribution in [2.75, 3.05) is 7.11 Å². The zero-order valence-electron chi connectivity index (χ0n) is 21.9. The van der Waals surface area contributed by atoms with Crippen molar-refractivity contribution in [3.05, 3.63) is 84.2 Å². The fraction of sp³-hybridized carbons (Fsp3) is 0.300. The lowest BCUT2D eigenvalue weighted by atomic mass is 9.63. The van der Waals surface area contributed by atoms with Crippen LogP contribution in [-0.2, 0) is 14.8 Å². The first-order valence-electron chi connectivity index (χ1n) is 13.0. The van der Waals surface area contributed by atoms with Crippen LogP contribution >= 0.6 is 0 Å². The van der Waals surface area contributed by atoms with E-state index < -0.39 is 21.3 Å². The Morgan fingerprint density at radius 3 is 2.44 bits per heavy atom. The minimum absolute atomic E-state index is 0.162. The molecule has 1 heterocycles. The summed E-state index contributed by atoms with van der Waals surface area (Å²) in [5.41, 5.74) is 8.31. The molecule has 5 rings (SSSR count). The lowest BCUT2D eigenvalue weighted by Gasteiger charge is -2.42. The SMILES string of the molecule is COc1ccccc1-c1cc2ccc(S(=O)(=O)NC3CCC(C(N)=O)([C@H](C)c4ccc(F)cc4)CC3)cc2[nH]1. The highest BCUT2D eigenvalue weighted by Gasteiger charge is 2.45. The molecule has 0 radical (unpaired) electrons. The van der Waals surface area contributed by atoms with Crippen molar-refractivity contribution in [2.24, 2.45) is 11.1 Å². The molecule has 7 nitrogen and oxygen atoms in total. The molecule has 1 amide bonds. The van der Waals surface area contributed by atoms with Crippen molar-refractivity contribution in [1.82, 2.24) is 9.71 Å². The lowest BCUT2D eigenvalue weighted by Crippen LogP contribution is -2.48. The van der Waals surface area contributed by atoms with E-state index in [1.807, 2.05) is 37.3 Å². The number of methoxy groups -OCH3 is 1. The number of aromatic nitrogens is 1. The minimum atomic E-state index is -3.81. The maximum absolute atomic E-state index is 13.4. The second-order valence-electron chi connectivity index (χ2n) is 10.3. The average molecular weight is 550 g/mol. The second kappa shape index (κ2) is 10.5. The molecule has 1 fully saturated rings. The van der Waals surface area contributed by atoms with E-state index in [2.05, 4.69) is 9.71 Å². The highest BCUT2D eigenvalue weighted by Crippen LogP contribution is 2.47. The number of nitrogens with two attached hydrogens (primary N) is 1. The first-order valence-corrected chi connectivity index (χ1v) is 14.4. The van der Waals surface area contributed by atoms with Crippen molar-refractivity contribution in [2.45, 2.75) is 49.5 Å². The van der Waals surface area contributed by atoms with Gasteiger partial charge in [0.1, 0.15) is 11.6 Å². The quantitative estimate of drug-likeness (QED) is 0.270. The number of H-pyrrole nitrogens is 1. The summed E-state index contributed by atoms with van der Waals surface area (Å²) in [5, 5.41) is 0.883. The predicted octanol–water partition coefficient (Wildman–Crippen LogP) is 5.48. The number of carbonyl (C=O) groups is 1.